The highest BCUT2D eigenvalue weighted by Crippen LogP contribution is 2.45. The van der Waals surface area contributed by atoms with Crippen molar-refractivity contribution < 1.29 is 80.2 Å². The van der Waals surface area contributed by atoms with E-state index in [1.165, 1.54) is 199 Å². The second-order valence-corrected chi connectivity index (χ2v) is 30.3. The quantitative estimate of drug-likeness (QED) is 0.0222. The van der Waals surface area contributed by atoms with E-state index in [-0.39, 0.29) is 25.7 Å². The molecule has 0 aromatic carbocycles. The summed E-state index contributed by atoms with van der Waals surface area (Å²) in [6, 6.07) is 0. The summed E-state index contributed by atoms with van der Waals surface area (Å²) in [6.45, 7) is 9.58. The van der Waals surface area contributed by atoms with Crippen molar-refractivity contribution >= 4 is 39.5 Å². The highest BCUT2D eigenvalue weighted by molar-refractivity contribution is 7.47. The van der Waals surface area contributed by atoms with Crippen LogP contribution in [0.2, 0.25) is 0 Å². The fourth-order valence-corrected chi connectivity index (χ4v) is 12.8. The van der Waals surface area contributed by atoms with Gasteiger partial charge in [0.1, 0.15) is 19.3 Å². The fraction of sp³-hybridized carbons (Fsp3) is 0.946. The molecule has 0 saturated heterocycles. The molecule has 0 amide bonds. The van der Waals surface area contributed by atoms with Crippen molar-refractivity contribution in [2.75, 3.05) is 39.6 Å². The first-order chi connectivity index (χ1) is 44.9. The molecular formula is C74H144O17P2. The third-order valence-corrected chi connectivity index (χ3v) is 19.5. The summed E-state index contributed by atoms with van der Waals surface area (Å²) in [4.78, 5) is 72.7. The van der Waals surface area contributed by atoms with Crippen molar-refractivity contribution in [1.82, 2.24) is 0 Å². The molecule has 0 aliphatic rings. The zero-order valence-electron chi connectivity index (χ0n) is 60.6. The average molecular weight is 1370 g/mol. The molecule has 3 unspecified atom stereocenters. The maximum absolute atomic E-state index is 13.1. The van der Waals surface area contributed by atoms with Crippen LogP contribution in [0, 0.1) is 11.8 Å². The molecule has 0 aromatic rings. The second kappa shape index (κ2) is 66.0. The Morgan fingerprint density at radius 3 is 0.817 bits per heavy atom. The number of esters is 4. The zero-order valence-corrected chi connectivity index (χ0v) is 62.3. The van der Waals surface area contributed by atoms with Crippen molar-refractivity contribution in [3.63, 3.8) is 0 Å². The first-order valence-corrected chi connectivity index (χ1v) is 41.5. The van der Waals surface area contributed by atoms with E-state index in [0.717, 1.165) is 102 Å². The first kappa shape index (κ1) is 91.1. The van der Waals surface area contributed by atoms with E-state index in [0.29, 0.717) is 25.7 Å². The van der Waals surface area contributed by atoms with Crippen molar-refractivity contribution in [2.45, 2.75) is 400 Å². The topological polar surface area (TPSA) is 237 Å². The standard InChI is InChI=1S/C74H144O17P2/c1-7-10-12-14-16-18-20-21-22-23-24-25-28-33-40-46-52-58-73(78)90-69(62-85-72(77)57-51-45-39-32-29-26-27-30-36-42-48-54-66(4)5)64-88-92(80,81)86-60-68(75)61-87-93(82,83)89-65-70(63-84-71(76)56-50-44-38-31-19-17-15-13-11-8-2)91-74(79)59-53-47-41-35-34-37-43-49-55-67(6)9-3/h66-70,75H,7-65H2,1-6H3,(H,80,81)(H,82,83)/t67?,68-,69-,70-/m1/s1. The number of phosphoric ester groups is 2. The first-order valence-electron chi connectivity index (χ1n) is 38.5. The van der Waals surface area contributed by atoms with Crippen molar-refractivity contribution in [1.29, 1.82) is 0 Å². The van der Waals surface area contributed by atoms with E-state index < -0.39 is 97.5 Å². The van der Waals surface area contributed by atoms with Crippen LogP contribution in [0.1, 0.15) is 382 Å². The Morgan fingerprint density at radius 1 is 0.312 bits per heavy atom. The highest BCUT2D eigenvalue weighted by atomic mass is 31.2. The van der Waals surface area contributed by atoms with Crippen LogP contribution in [0.25, 0.3) is 0 Å². The molecular weight excluding hydrogens is 1220 g/mol. The molecule has 0 bridgehead atoms. The van der Waals surface area contributed by atoms with E-state index in [4.69, 9.17) is 37.0 Å². The molecule has 0 aliphatic heterocycles. The van der Waals surface area contributed by atoms with Gasteiger partial charge in [0.05, 0.1) is 26.4 Å². The van der Waals surface area contributed by atoms with Gasteiger partial charge < -0.3 is 33.8 Å². The number of hydrogen-bond donors (Lipinski definition) is 3. The molecule has 0 aliphatic carbocycles. The van der Waals surface area contributed by atoms with Crippen LogP contribution in [-0.4, -0.2) is 96.7 Å². The van der Waals surface area contributed by atoms with Gasteiger partial charge in [-0.1, -0.05) is 330 Å². The number of phosphoric acid groups is 2. The number of hydrogen-bond acceptors (Lipinski definition) is 15. The van der Waals surface area contributed by atoms with Gasteiger partial charge >= 0.3 is 39.5 Å². The summed E-state index contributed by atoms with van der Waals surface area (Å²) >= 11 is 0. The van der Waals surface area contributed by atoms with E-state index >= 15 is 0 Å². The lowest BCUT2D eigenvalue weighted by molar-refractivity contribution is -0.161. The van der Waals surface area contributed by atoms with Gasteiger partial charge in [0.15, 0.2) is 12.2 Å². The summed E-state index contributed by atoms with van der Waals surface area (Å²) in [5.74, 6) is -0.578. The average Bonchev–Trinajstić information content (AvgIpc) is 1.78. The molecule has 0 saturated carbocycles. The molecule has 0 aromatic heterocycles. The van der Waals surface area contributed by atoms with Crippen LogP contribution in [-0.2, 0) is 65.4 Å². The Morgan fingerprint density at radius 2 is 0.548 bits per heavy atom. The number of carbonyl (C=O) groups is 4. The smallest absolute Gasteiger partial charge is 0.462 e. The third-order valence-electron chi connectivity index (χ3n) is 17.6. The Kier molecular flexibility index (Phi) is 64.6. The maximum Gasteiger partial charge on any atom is 0.472 e. The third kappa shape index (κ3) is 67.0. The van der Waals surface area contributed by atoms with Crippen LogP contribution >= 0.6 is 15.6 Å². The van der Waals surface area contributed by atoms with Gasteiger partial charge in [-0.3, -0.25) is 37.3 Å². The minimum atomic E-state index is -4.96. The molecule has 0 rings (SSSR count). The van der Waals surface area contributed by atoms with Crippen LogP contribution in [0.15, 0.2) is 0 Å². The molecule has 93 heavy (non-hydrogen) atoms. The number of unbranched alkanes of at least 4 members (excludes halogenated alkanes) is 42. The number of rotatable bonds is 73. The van der Waals surface area contributed by atoms with Gasteiger partial charge in [0.2, 0.25) is 0 Å². The molecule has 0 radical (unpaired) electrons. The van der Waals surface area contributed by atoms with Gasteiger partial charge in [-0.25, -0.2) is 9.13 Å². The summed E-state index contributed by atoms with van der Waals surface area (Å²) < 4.78 is 68.4. The van der Waals surface area contributed by atoms with Crippen LogP contribution in [0.3, 0.4) is 0 Å². The number of aliphatic hydroxyl groups excluding tert-OH is 1. The number of ether oxygens (including phenoxy) is 4. The minimum absolute atomic E-state index is 0.105. The molecule has 19 heteroatoms. The molecule has 0 fully saturated rings. The minimum Gasteiger partial charge on any atom is -0.462 e. The van der Waals surface area contributed by atoms with Crippen molar-refractivity contribution in [3.8, 4) is 0 Å². The van der Waals surface area contributed by atoms with E-state index in [2.05, 4.69) is 41.5 Å². The Balaban J connectivity index is 5.25. The molecule has 552 valence electrons. The van der Waals surface area contributed by atoms with E-state index in [1.807, 2.05) is 0 Å². The molecule has 0 heterocycles. The predicted octanol–water partition coefficient (Wildman–Crippen LogP) is 21.6. The van der Waals surface area contributed by atoms with E-state index in [9.17, 15) is 43.2 Å². The normalized spacial score (nSPS) is 14.3. The maximum atomic E-state index is 13.1. The SMILES string of the molecule is CCCCCCCCCCCCCCCCCCCC(=O)O[C@H](COC(=O)CCCCCCCCCCCCCC(C)C)COP(=O)(O)OC[C@@H](O)COP(=O)(O)OC[C@@H](COC(=O)CCCCCCCCCCCC)OC(=O)CCCCCCCCCCC(C)CC. The van der Waals surface area contributed by atoms with Gasteiger partial charge in [0.25, 0.3) is 0 Å². The van der Waals surface area contributed by atoms with Gasteiger partial charge in [-0.2, -0.15) is 0 Å². The molecule has 17 nitrogen and oxygen atoms in total. The lowest BCUT2D eigenvalue weighted by Crippen LogP contribution is -2.30. The Bertz CT molecular complexity index is 1810. The summed E-state index contributed by atoms with van der Waals surface area (Å²) in [7, 11) is -9.91. The lowest BCUT2D eigenvalue weighted by Gasteiger charge is -2.21. The van der Waals surface area contributed by atoms with E-state index in [1.54, 1.807) is 0 Å². The predicted molar refractivity (Wildman–Crippen MR) is 377 cm³/mol. The monoisotopic (exact) mass is 1370 g/mol. The fourth-order valence-electron chi connectivity index (χ4n) is 11.3. The molecule has 6 atom stereocenters. The Hall–Kier alpha value is -1.94. The van der Waals surface area contributed by atoms with Crippen LogP contribution < -0.4 is 0 Å². The molecule has 0 spiro atoms. The molecule has 3 N–H and O–H groups in total. The summed E-state index contributed by atoms with van der Waals surface area (Å²) in [5, 5.41) is 10.6. The largest absolute Gasteiger partial charge is 0.472 e. The van der Waals surface area contributed by atoms with Gasteiger partial charge in [-0.05, 0) is 37.5 Å². The second-order valence-electron chi connectivity index (χ2n) is 27.4. The van der Waals surface area contributed by atoms with Gasteiger partial charge in [-0.15, -0.1) is 0 Å². The number of carbonyl (C=O) groups excluding carboxylic acids is 4. The zero-order chi connectivity index (χ0) is 68.6. The number of aliphatic hydroxyl groups is 1. The van der Waals surface area contributed by atoms with Crippen LogP contribution in [0.5, 0.6) is 0 Å². The van der Waals surface area contributed by atoms with Crippen LogP contribution in [0.4, 0.5) is 0 Å². The van der Waals surface area contributed by atoms with Crippen molar-refractivity contribution in [3.05, 3.63) is 0 Å². The summed E-state index contributed by atoms with van der Waals surface area (Å²) in [5.41, 5.74) is 0. The lowest BCUT2D eigenvalue weighted by atomic mass is 9.99. The highest BCUT2D eigenvalue weighted by Gasteiger charge is 2.30. The Labute approximate surface area is 568 Å². The summed E-state index contributed by atoms with van der Waals surface area (Å²) in [6.07, 6.45) is 52.6. The van der Waals surface area contributed by atoms with Gasteiger partial charge in [0, 0.05) is 25.7 Å². The van der Waals surface area contributed by atoms with Crippen molar-refractivity contribution in [2.24, 2.45) is 11.8 Å².